The van der Waals surface area contributed by atoms with Crippen LogP contribution in [0.2, 0.25) is 0 Å². The van der Waals surface area contributed by atoms with Crippen molar-refractivity contribution in [3.63, 3.8) is 0 Å². The van der Waals surface area contributed by atoms with Crippen LogP contribution in [-0.2, 0) is 0 Å². The van der Waals surface area contributed by atoms with Gasteiger partial charge in [-0.25, -0.2) is 0 Å². The zero-order chi connectivity index (χ0) is 26.4. The minimum absolute atomic E-state index is 0.0903. The van der Waals surface area contributed by atoms with E-state index in [-0.39, 0.29) is 5.57 Å². The number of rotatable bonds is 2. The molecule has 0 aromatic heterocycles. The van der Waals surface area contributed by atoms with Gasteiger partial charge in [-0.2, -0.15) is 21.0 Å². The Morgan fingerprint density at radius 1 is 0.553 bits per heavy atom. The van der Waals surface area contributed by atoms with E-state index in [9.17, 15) is 15.8 Å². The zero-order valence-corrected chi connectivity index (χ0v) is 20.5. The standard InChI is InChI=1S/C34H18N4/c1-2-21(17-36)33-30-13-23(22-9-7-20(16-35)8-10-22)11-12-26(30)29-15-32-28(14-31(29)33)25-5-3-4-6-27(25)34(32)24(18-37)19-38/h3-15H,2H2,1H3/b33-21+. The van der Waals surface area contributed by atoms with E-state index in [4.69, 9.17) is 5.26 Å². The predicted octanol–water partition coefficient (Wildman–Crippen LogP) is 7.77. The van der Waals surface area contributed by atoms with Crippen LogP contribution in [0.4, 0.5) is 0 Å². The van der Waals surface area contributed by atoms with Crippen molar-refractivity contribution in [2.24, 2.45) is 0 Å². The monoisotopic (exact) mass is 482 g/mol. The molecule has 0 radical (unpaired) electrons. The Kier molecular flexibility index (Phi) is 5.25. The van der Waals surface area contributed by atoms with E-state index in [1.54, 1.807) is 12.1 Å². The quantitative estimate of drug-likeness (QED) is 0.236. The van der Waals surface area contributed by atoms with Crippen molar-refractivity contribution in [3.05, 3.63) is 118 Å². The molecule has 6 rings (SSSR count). The van der Waals surface area contributed by atoms with Crippen LogP contribution in [0, 0.1) is 45.3 Å². The van der Waals surface area contributed by atoms with Gasteiger partial charge in [0.15, 0.2) is 0 Å². The Morgan fingerprint density at radius 2 is 1.13 bits per heavy atom. The molecule has 2 aliphatic rings. The van der Waals surface area contributed by atoms with Gasteiger partial charge >= 0.3 is 0 Å². The van der Waals surface area contributed by atoms with Gasteiger partial charge in [0.1, 0.15) is 17.7 Å². The molecule has 0 amide bonds. The van der Waals surface area contributed by atoms with Gasteiger partial charge in [-0.05, 0) is 92.4 Å². The first-order valence-corrected chi connectivity index (χ1v) is 12.2. The molecule has 0 spiro atoms. The summed E-state index contributed by atoms with van der Waals surface area (Å²) < 4.78 is 0. The molecule has 0 N–H and O–H groups in total. The SMILES string of the molecule is CC/C(C#N)=C1/c2cc(-c3ccc(C#N)cc3)ccc2-c2cc3c(cc21)-c1ccccc1C3=C(C#N)C#N. The van der Waals surface area contributed by atoms with Crippen molar-refractivity contribution < 1.29 is 0 Å². The van der Waals surface area contributed by atoms with Crippen molar-refractivity contribution in [2.45, 2.75) is 13.3 Å². The highest BCUT2D eigenvalue weighted by Crippen LogP contribution is 2.53. The first-order chi connectivity index (χ1) is 18.6. The van der Waals surface area contributed by atoms with Crippen LogP contribution in [0.25, 0.3) is 44.5 Å². The van der Waals surface area contributed by atoms with E-state index in [2.05, 4.69) is 54.6 Å². The highest BCUT2D eigenvalue weighted by molar-refractivity contribution is 6.11. The van der Waals surface area contributed by atoms with Crippen molar-refractivity contribution in [1.82, 2.24) is 0 Å². The number of benzene rings is 4. The summed E-state index contributed by atoms with van der Waals surface area (Å²) in [6, 6.07) is 34.5. The number of allylic oxidation sites excluding steroid dienone is 2. The molecule has 38 heavy (non-hydrogen) atoms. The number of hydrogen-bond acceptors (Lipinski definition) is 4. The van der Waals surface area contributed by atoms with Gasteiger partial charge in [-0.15, -0.1) is 0 Å². The zero-order valence-electron chi connectivity index (χ0n) is 20.5. The van der Waals surface area contributed by atoms with Gasteiger partial charge in [-0.1, -0.05) is 55.5 Å². The lowest BCUT2D eigenvalue weighted by molar-refractivity contribution is 1.16. The summed E-state index contributed by atoms with van der Waals surface area (Å²) in [4.78, 5) is 0. The molecule has 4 aromatic rings. The van der Waals surface area contributed by atoms with E-state index in [0.717, 1.165) is 61.2 Å². The summed E-state index contributed by atoms with van der Waals surface area (Å²) in [6.45, 7) is 1.99. The van der Waals surface area contributed by atoms with E-state index in [1.807, 2.05) is 43.3 Å². The minimum atomic E-state index is 0.0903. The summed E-state index contributed by atoms with van der Waals surface area (Å²) in [6.07, 6.45) is 0.595. The van der Waals surface area contributed by atoms with Gasteiger partial charge in [0, 0.05) is 16.7 Å². The van der Waals surface area contributed by atoms with Crippen LogP contribution in [-0.4, -0.2) is 0 Å². The summed E-state index contributed by atoms with van der Waals surface area (Å²) in [5.41, 5.74) is 12.6. The van der Waals surface area contributed by atoms with E-state index in [1.165, 1.54) is 0 Å². The molecule has 0 heterocycles. The predicted molar refractivity (Wildman–Crippen MR) is 147 cm³/mol. The second kappa shape index (κ2) is 8.76. The Labute approximate surface area is 220 Å². The van der Waals surface area contributed by atoms with Crippen molar-refractivity contribution >= 4 is 11.1 Å². The van der Waals surface area contributed by atoms with E-state index in [0.29, 0.717) is 23.1 Å². The average molecular weight is 483 g/mol. The molecule has 0 bridgehead atoms. The summed E-state index contributed by atoms with van der Waals surface area (Å²) in [5, 5.41) is 38.8. The topological polar surface area (TPSA) is 95.2 Å². The smallest absolute Gasteiger partial charge is 0.138 e. The molecule has 4 heteroatoms. The first-order valence-electron chi connectivity index (χ1n) is 12.2. The maximum atomic E-state index is 10.1. The molecule has 0 unspecified atom stereocenters. The molecule has 174 valence electrons. The van der Waals surface area contributed by atoms with Crippen LogP contribution in [0.3, 0.4) is 0 Å². The average Bonchev–Trinajstić information content (AvgIpc) is 3.46. The van der Waals surface area contributed by atoms with Crippen LogP contribution in [0.15, 0.2) is 90.0 Å². The van der Waals surface area contributed by atoms with Crippen LogP contribution in [0.1, 0.15) is 41.2 Å². The van der Waals surface area contributed by atoms with Crippen LogP contribution < -0.4 is 0 Å². The highest BCUT2D eigenvalue weighted by atomic mass is 14.4. The molecular weight excluding hydrogens is 464 g/mol. The first kappa shape index (κ1) is 22.8. The highest BCUT2D eigenvalue weighted by Gasteiger charge is 2.33. The lowest BCUT2D eigenvalue weighted by Gasteiger charge is -2.10. The van der Waals surface area contributed by atoms with Gasteiger partial charge in [0.2, 0.25) is 0 Å². The van der Waals surface area contributed by atoms with E-state index >= 15 is 0 Å². The van der Waals surface area contributed by atoms with Gasteiger partial charge in [0.25, 0.3) is 0 Å². The minimum Gasteiger partial charge on any atom is -0.193 e. The fourth-order valence-electron chi connectivity index (χ4n) is 5.63. The second-order valence-electron chi connectivity index (χ2n) is 9.23. The molecule has 2 aliphatic carbocycles. The normalized spacial score (nSPS) is 13.1. The van der Waals surface area contributed by atoms with Crippen molar-refractivity contribution in [1.29, 1.82) is 21.0 Å². The molecule has 0 atom stereocenters. The molecule has 0 fully saturated rings. The molecule has 4 nitrogen and oxygen atoms in total. The van der Waals surface area contributed by atoms with E-state index < -0.39 is 0 Å². The second-order valence-corrected chi connectivity index (χ2v) is 9.23. The Hall–Kier alpha value is -5.68. The third-order valence-electron chi connectivity index (χ3n) is 7.37. The van der Waals surface area contributed by atoms with Crippen molar-refractivity contribution in [3.8, 4) is 57.7 Å². The largest absolute Gasteiger partial charge is 0.193 e. The van der Waals surface area contributed by atoms with Crippen LogP contribution >= 0.6 is 0 Å². The molecule has 4 aromatic carbocycles. The Bertz CT molecular complexity index is 1910. The number of hydrogen-bond donors (Lipinski definition) is 0. The number of fused-ring (bicyclic) bond motifs is 6. The van der Waals surface area contributed by atoms with Crippen LogP contribution in [0.5, 0.6) is 0 Å². The lowest BCUT2D eigenvalue weighted by Crippen LogP contribution is -1.91. The Balaban J connectivity index is 1.64. The molecule has 0 aliphatic heterocycles. The van der Waals surface area contributed by atoms with Gasteiger partial charge in [-0.3, -0.25) is 0 Å². The molecular formula is C34H18N4. The molecule has 0 saturated heterocycles. The summed E-state index contributed by atoms with van der Waals surface area (Å²) >= 11 is 0. The summed E-state index contributed by atoms with van der Waals surface area (Å²) in [5.74, 6) is 0. The lowest BCUT2D eigenvalue weighted by atomic mass is 9.92. The fourth-order valence-corrected chi connectivity index (χ4v) is 5.63. The van der Waals surface area contributed by atoms with Crippen molar-refractivity contribution in [2.75, 3.05) is 0 Å². The van der Waals surface area contributed by atoms with Gasteiger partial charge < -0.3 is 0 Å². The fraction of sp³-hybridized carbons (Fsp3) is 0.0588. The maximum absolute atomic E-state index is 10.1. The Morgan fingerprint density at radius 3 is 1.74 bits per heavy atom. The third-order valence-corrected chi connectivity index (χ3v) is 7.37. The molecule has 0 saturated carbocycles. The maximum Gasteiger partial charge on any atom is 0.138 e. The number of nitriles is 4. The number of nitrogens with zero attached hydrogens (tertiary/aromatic N) is 4. The summed E-state index contributed by atoms with van der Waals surface area (Å²) in [7, 11) is 0. The van der Waals surface area contributed by atoms with Gasteiger partial charge in [0.05, 0.1) is 17.7 Å². The third kappa shape index (κ3) is 3.20.